The maximum Gasteiger partial charge on any atom is 0.453 e. The highest BCUT2D eigenvalue weighted by Crippen LogP contribution is 2.25. The number of carbonyl (C=O) groups is 1. The van der Waals surface area contributed by atoms with Crippen molar-refractivity contribution in [1.82, 2.24) is 30.5 Å². The second-order valence-corrected chi connectivity index (χ2v) is 5.27. The highest BCUT2D eigenvalue weighted by atomic mass is 35.5. The van der Waals surface area contributed by atoms with Crippen molar-refractivity contribution in [2.45, 2.75) is 32.5 Å². The fourth-order valence-electron chi connectivity index (χ4n) is 1.57. The zero-order chi connectivity index (χ0) is 17.2. The van der Waals surface area contributed by atoms with Crippen LogP contribution in [0.5, 0.6) is 0 Å². The molecule has 7 nitrogen and oxygen atoms in total. The molecule has 2 aromatic heterocycles. The molecule has 0 fully saturated rings. The average Bonchev–Trinajstić information content (AvgIpc) is 2.94. The molecule has 0 aliphatic heterocycles. The molecule has 0 aromatic carbocycles. The van der Waals surface area contributed by atoms with Crippen LogP contribution in [0.2, 0.25) is 5.02 Å². The second kappa shape index (κ2) is 6.49. The summed E-state index contributed by atoms with van der Waals surface area (Å²) < 4.78 is 37.1. The van der Waals surface area contributed by atoms with E-state index in [1.807, 2.05) is 13.8 Å². The van der Waals surface area contributed by atoms with Crippen LogP contribution in [-0.2, 0) is 12.7 Å². The van der Waals surface area contributed by atoms with E-state index in [4.69, 9.17) is 11.6 Å². The minimum atomic E-state index is -4.65. The summed E-state index contributed by atoms with van der Waals surface area (Å²) in [6.45, 7) is 3.41. The number of amides is 1. The number of nitrogens with one attached hydrogen (secondary N) is 2. The van der Waals surface area contributed by atoms with Crippen molar-refractivity contribution in [2.24, 2.45) is 0 Å². The molecular weight excluding hydrogens is 337 g/mol. The van der Waals surface area contributed by atoms with Crippen LogP contribution < -0.4 is 5.32 Å². The lowest BCUT2D eigenvalue weighted by atomic mass is 10.2. The van der Waals surface area contributed by atoms with Crippen LogP contribution in [0.15, 0.2) is 6.20 Å². The van der Waals surface area contributed by atoms with Crippen LogP contribution >= 0.6 is 11.6 Å². The quantitative estimate of drug-likeness (QED) is 0.884. The van der Waals surface area contributed by atoms with Gasteiger partial charge in [-0.25, -0.2) is 15.0 Å². The van der Waals surface area contributed by atoms with E-state index in [9.17, 15) is 18.0 Å². The second-order valence-electron chi connectivity index (χ2n) is 4.87. The number of hydrogen-bond donors (Lipinski definition) is 2. The lowest BCUT2D eigenvalue weighted by molar-refractivity contribution is -0.144. The van der Waals surface area contributed by atoms with E-state index in [1.165, 1.54) is 6.20 Å². The Morgan fingerprint density at radius 2 is 2.09 bits per heavy atom. The van der Waals surface area contributed by atoms with Crippen molar-refractivity contribution in [3.05, 3.63) is 34.4 Å². The van der Waals surface area contributed by atoms with Gasteiger partial charge < -0.3 is 5.32 Å². The Kier molecular flexibility index (Phi) is 4.83. The minimum absolute atomic E-state index is 0.0116. The predicted molar refractivity (Wildman–Crippen MR) is 73.7 cm³/mol. The van der Waals surface area contributed by atoms with E-state index in [1.54, 1.807) is 0 Å². The molecule has 2 aromatic rings. The number of aromatic amines is 1. The topological polar surface area (TPSA) is 96.5 Å². The Morgan fingerprint density at radius 1 is 1.39 bits per heavy atom. The van der Waals surface area contributed by atoms with Gasteiger partial charge in [0.25, 0.3) is 11.7 Å². The van der Waals surface area contributed by atoms with Crippen LogP contribution in [0.4, 0.5) is 13.2 Å². The van der Waals surface area contributed by atoms with Gasteiger partial charge >= 0.3 is 6.18 Å². The summed E-state index contributed by atoms with van der Waals surface area (Å²) >= 11 is 5.87. The molecule has 0 spiro atoms. The van der Waals surface area contributed by atoms with Crippen molar-refractivity contribution >= 4 is 17.5 Å². The van der Waals surface area contributed by atoms with Gasteiger partial charge in [0.05, 0.1) is 17.8 Å². The summed E-state index contributed by atoms with van der Waals surface area (Å²) in [6.07, 6.45) is -3.35. The highest BCUT2D eigenvalue weighted by Gasteiger charge is 2.36. The molecule has 0 aliphatic rings. The van der Waals surface area contributed by atoms with Gasteiger partial charge in [-0.3, -0.25) is 9.89 Å². The van der Waals surface area contributed by atoms with Crippen molar-refractivity contribution < 1.29 is 18.0 Å². The smallest absolute Gasteiger partial charge is 0.343 e. The molecule has 2 heterocycles. The summed E-state index contributed by atoms with van der Waals surface area (Å²) in [6, 6.07) is 0. The first kappa shape index (κ1) is 17.1. The zero-order valence-corrected chi connectivity index (χ0v) is 12.8. The maximum atomic E-state index is 12.4. The molecule has 11 heteroatoms. The SMILES string of the molecule is CC(C)c1ncc(Cl)c(C(=O)NCc2nc(C(F)(F)F)n[nH]2)n1. The van der Waals surface area contributed by atoms with Gasteiger partial charge in [0, 0.05) is 5.92 Å². The fraction of sp³-hybridized carbons (Fsp3) is 0.417. The van der Waals surface area contributed by atoms with Crippen molar-refractivity contribution in [1.29, 1.82) is 0 Å². The molecule has 23 heavy (non-hydrogen) atoms. The Hall–Kier alpha value is -2.23. The third-order valence-electron chi connectivity index (χ3n) is 2.70. The lowest BCUT2D eigenvalue weighted by Gasteiger charge is -2.08. The van der Waals surface area contributed by atoms with Crippen LogP contribution in [0.25, 0.3) is 0 Å². The molecule has 0 saturated carbocycles. The summed E-state index contributed by atoms with van der Waals surface area (Å²) in [4.78, 5) is 23.3. The Morgan fingerprint density at radius 3 is 2.65 bits per heavy atom. The molecule has 2 rings (SSSR count). The van der Waals surface area contributed by atoms with Crippen LogP contribution in [0.1, 0.15) is 47.7 Å². The number of rotatable bonds is 4. The third-order valence-corrected chi connectivity index (χ3v) is 2.97. The van der Waals surface area contributed by atoms with Crippen molar-refractivity contribution in [3.8, 4) is 0 Å². The summed E-state index contributed by atoms with van der Waals surface area (Å²) in [5, 5.41) is 7.55. The van der Waals surface area contributed by atoms with E-state index in [0.717, 1.165) is 0 Å². The Bertz CT molecular complexity index is 715. The van der Waals surface area contributed by atoms with Crippen LogP contribution in [0, 0.1) is 0 Å². The molecule has 124 valence electrons. The lowest BCUT2D eigenvalue weighted by Crippen LogP contribution is -2.25. The molecule has 0 unspecified atom stereocenters. The minimum Gasteiger partial charge on any atom is -0.343 e. The molecule has 0 bridgehead atoms. The average molecular weight is 349 g/mol. The Balaban J connectivity index is 2.08. The first-order valence-electron chi connectivity index (χ1n) is 6.47. The van der Waals surface area contributed by atoms with E-state index in [0.29, 0.717) is 5.82 Å². The third kappa shape index (κ3) is 4.15. The standard InChI is InChI=1S/C12H12ClF3N6O/c1-5(2)9-17-3-6(13)8(20-9)10(23)18-4-7-19-11(22-21-7)12(14,15)16/h3,5H,4H2,1-2H3,(H,18,23)(H,19,21,22). The molecular formula is C12H12ClF3N6O. The van der Waals surface area contributed by atoms with Crippen molar-refractivity contribution in [2.75, 3.05) is 0 Å². The van der Waals surface area contributed by atoms with Gasteiger partial charge in [-0.05, 0) is 0 Å². The van der Waals surface area contributed by atoms with Crippen LogP contribution in [-0.4, -0.2) is 31.1 Å². The number of nitrogens with zero attached hydrogens (tertiary/aromatic N) is 4. The van der Waals surface area contributed by atoms with Gasteiger partial charge in [-0.15, -0.1) is 5.10 Å². The fourth-order valence-corrected chi connectivity index (χ4v) is 1.74. The van der Waals surface area contributed by atoms with E-state index in [-0.39, 0.29) is 29.0 Å². The first-order chi connectivity index (χ1) is 10.7. The van der Waals surface area contributed by atoms with Gasteiger partial charge in [0.15, 0.2) is 0 Å². The van der Waals surface area contributed by atoms with Crippen molar-refractivity contribution in [3.63, 3.8) is 0 Å². The van der Waals surface area contributed by atoms with Gasteiger partial charge in [0.2, 0.25) is 0 Å². The summed E-state index contributed by atoms with van der Waals surface area (Å²) in [5.74, 6) is -1.67. The van der Waals surface area contributed by atoms with Gasteiger partial charge in [-0.1, -0.05) is 25.4 Å². The number of carbonyl (C=O) groups excluding carboxylic acids is 1. The molecule has 0 saturated heterocycles. The number of halogens is 4. The van der Waals surface area contributed by atoms with E-state index in [2.05, 4.69) is 30.5 Å². The number of aromatic nitrogens is 5. The summed E-state index contributed by atoms with van der Waals surface area (Å²) in [7, 11) is 0. The number of alkyl halides is 3. The first-order valence-corrected chi connectivity index (χ1v) is 6.85. The molecule has 1 amide bonds. The van der Waals surface area contributed by atoms with Gasteiger partial charge in [0.1, 0.15) is 17.3 Å². The molecule has 2 N–H and O–H groups in total. The predicted octanol–water partition coefficient (Wildman–Crippen LogP) is 2.32. The molecule has 0 radical (unpaired) electrons. The maximum absolute atomic E-state index is 12.4. The van der Waals surface area contributed by atoms with Crippen LogP contribution in [0.3, 0.4) is 0 Å². The van der Waals surface area contributed by atoms with Gasteiger partial charge in [-0.2, -0.15) is 13.2 Å². The normalized spacial score (nSPS) is 11.8. The monoisotopic (exact) mass is 348 g/mol. The highest BCUT2D eigenvalue weighted by molar-refractivity contribution is 6.33. The molecule has 0 atom stereocenters. The molecule has 0 aliphatic carbocycles. The number of hydrogen-bond acceptors (Lipinski definition) is 5. The summed E-state index contributed by atoms with van der Waals surface area (Å²) in [5.41, 5.74) is -0.0547. The number of H-pyrrole nitrogens is 1. The van der Waals surface area contributed by atoms with E-state index < -0.39 is 17.9 Å². The Labute approximate surface area is 133 Å². The zero-order valence-electron chi connectivity index (χ0n) is 12.1. The largest absolute Gasteiger partial charge is 0.453 e. The van der Waals surface area contributed by atoms with E-state index >= 15 is 0 Å².